The zero-order valence-electron chi connectivity index (χ0n) is 15.6. The van der Waals surface area contributed by atoms with Crippen LogP contribution in [0.4, 0.5) is 5.69 Å². The normalized spacial score (nSPS) is 10.8. The Balaban J connectivity index is 1.61. The van der Waals surface area contributed by atoms with Gasteiger partial charge in [0.2, 0.25) is 11.8 Å². The molecule has 0 saturated heterocycles. The highest BCUT2D eigenvalue weighted by atomic mass is 16.2. The van der Waals surface area contributed by atoms with Gasteiger partial charge in [0, 0.05) is 22.6 Å². The molecule has 2 amide bonds. The van der Waals surface area contributed by atoms with E-state index in [-0.39, 0.29) is 24.8 Å². The van der Waals surface area contributed by atoms with Gasteiger partial charge in [-0.2, -0.15) is 10.1 Å². The topological polar surface area (TPSA) is 101 Å². The average molecular weight is 366 g/mol. The molecule has 0 radical (unpaired) electrons. The minimum Gasteiger partial charge on any atom is -0.347 e. The first-order valence-electron chi connectivity index (χ1n) is 8.79. The van der Waals surface area contributed by atoms with Gasteiger partial charge >= 0.3 is 0 Å². The number of amides is 2. The third kappa shape index (κ3) is 4.11. The molecule has 0 unspecified atom stereocenters. The van der Waals surface area contributed by atoms with Gasteiger partial charge in [0.05, 0.1) is 13.0 Å². The number of fused-ring (bicyclic) bond motifs is 1. The summed E-state index contributed by atoms with van der Waals surface area (Å²) in [7, 11) is 0. The van der Waals surface area contributed by atoms with Crippen molar-refractivity contribution in [3.63, 3.8) is 0 Å². The van der Waals surface area contributed by atoms with Crippen LogP contribution in [0.3, 0.4) is 0 Å². The van der Waals surface area contributed by atoms with Crippen LogP contribution >= 0.6 is 0 Å². The lowest BCUT2D eigenvalue weighted by Gasteiger charge is -2.12. The molecule has 2 heterocycles. The maximum atomic E-state index is 12.3. The van der Waals surface area contributed by atoms with E-state index in [1.807, 2.05) is 45.0 Å². The van der Waals surface area contributed by atoms with Crippen LogP contribution < -0.4 is 10.6 Å². The number of nitrogens with one attached hydrogen (secondary N) is 2. The Hall–Kier alpha value is -3.29. The maximum Gasteiger partial charge on any atom is 0.252 e. The standard InChI is InChI=1S/C19H22N6O2/c1-4-14-7-5-6-8-16(14)24-18(27)10-20-17(26)9-15-12(2)23-19-21-11-22-25(19)13(15)3/h5-8,11H,4,9-10H2,1-3H3,(H,20,26)(H,24,27). The molecule has 0 aliphatic rings. The molecule has 0 aliphatic heterocycles. The summed E-state index contributed by atoms with van der Waals surface area (Å²) in [6, 6.07) is 7.62. The zero-order chi connectivity index (χ0) is 19.4. The summed E-state index contributed by atoms with van der Waals surface area (Å²) in [6.07, 6.45) is 2.37. The lowest BCUT2D eigenvalue weighted by atomic mass is 10.1. The number of hydrogen-bond acceptors (Lipinski definition) is 5. The van der Waals surface area contributed by atoms with E-state index in [1.165, 1.54) is 6.33 Å². The van der Waals surface area contributed by atoms with Crippen molar-refractivity contribution in [3.05, 3.63) is 53.1 Å². The second-order valence-corrected chi connectivity index (χ2v) is 6.25. The van der Waals surface area contributed by atoms with E-state index in [4.69, 9.17) is 0 Å². The third-order valence-electron chi connectivity index (χ3n) is 4.44. The van der Waals surface area contributed by atoms with Crippen molar-refractivity contribution in [1.29, 1.82) is 0 Å². The highest BCUT2D eigenvalue weighted by molar-refractivity contribution is 5.95. The summed E-state index contributed by atoms with van der Waals surface area (Å²) in [5.74, 6) is -0.00735. The predicted octanol–water partition coefficient (Wildman–Crippen LogP) is 1.60. The Morgan fingerprint density at radius 2 is 1.93 bits per heavy atom. The molecule has 140 valence electrons. The Labute approximate surface area is 157 Å². The Bertz CT molecular complexity index is 995. The number of nitrogens with zero attached hydrogens (tertiary/aromatic N) is 4. The summed E-state index contributed by atoms with van der Waals surface area (Å²) < 4.78 is 1.60. The number of benzene rings is 1. The second-order valence-electron chi connectivity index (χ2n) is 6.25. The van der Waals surface area contributed by atoms with Crippen LogP contribution in [0.25, 0.3) is 5.78 Å². The van der Waals surface area contributed by atoms with Crippen molar-refractivity contribution in [2.24, 2.45) is 0 Å². The van der Waals surface area contributed by atoms with Crippen LogP contribution in [0, 0.1) is 13.8 Å². The highest BCUT2D eigenvalue weighted by Gasteiger charge is 2.15. The molecule has 0 spiro atoms. The smallest absolute Gasteiger partial charge is 0.252 e. The van der Waals surface area contributed by atoms with Gasteiger partial charge in [0.25, 0.3) is 5.78 Å². The Morgan fingerprint density at radius 3 is 2.70 bits per heavy atom. The first-order valence-corrected chi connectivity index (χ1v) is 8.79. The molecule has 0 bridgehead atoms. The van der Waals surface area contributed by atoms with Crippen LogP contribution in [-0.4, -0.2) is 37.9 Å². The third-order valence-corrected chi connectivity index (χ3v) is 4.44. The number of aryl methyl sites for hydroxylation is 3. The number of rotatable bonds is 6. The lowest BCUT2D eigenvalue weighted by molar-refractivity contribution is -0.123. The van der Waals surface area contributed by atoms with Gasteiger partial charge in [-0.25, -0.2) is 9.50 Å². The van der Waals surface area contributed by atoms with Crippen LogP contribution in [0.15, 0.2) is 30.6 Å². The number of hydrogen-bond donors (Lipinski definition) is 2. The quantitative estimate of drug-likeness (QED) is 0.690. The van der Waals surface area contributed by atoms with Gasteiger partial charge in [0.15, 0.2) is 0 Å². The second kappa shape index (κ2) is 7.94. The van der Waals surface area contributed by atoms with Crippen molar-refractivity contribution >= 4 is 23.3 Å². The lowest BCUT2D eigenvalue weighted by Crippen LogP contribution is -2.34. The van der Waals surface area contributed by atoms with Crippen molar-refractivity contribution in [2.75, 3.05) is 11.9 Å². The molecular formula is C19H22N6O2. The van der Waals surface area contributed by atoms with Crippen molar-refractivity contribution in [1.82, 2.24) is 24.9 Å². The molecule has 1 aromatic carbocycles. The van der Waals surface area contributed by atoms with E-state index in [0.717, 1.165) is 34.6 Å². The fourth-order valence-electron chi connectivity index (χ4n) is 2.96. The maximum absolute atomic E-state index is 12.3. The van der Waals surface area contributed by atoms with Crippen molar-refractivity contribution < 1.29 is 9.59 Å². The summed E-state index contributed by atoms with van der Waals surface area (Å²) in [5, 5.41) is 9.61. The van der Waals surface area contributed by atoms with E-state index in [2.05, 4.69) is 25.7 Å². The molecule has 2 N–H and O–H groups in total. The van der Waals surface area contributed by atoms with Gasteiger partial charge in [-0.1, -0.05) is 25.1 Å². The van der Waals surface area contributed by atoms with Crippen LogP contribution in [0.5, 0.6) is 0 Å². The largest absolute Gasteiger partial charge is 0.347 e. The summed E-state index contributed by atoms with van der Waals surface area (Å²) in [6.45, 7) is 5.64. The molecular weight excluding hydrogens is 344 g/mol. The molecule has 2 aromatic heterocycles. The van der Waals surface area contributed by atoms with Crippen LogP contribution in [-0.2, 0) is 22.4 Å². The monoisotopic (exact) mass is 366 g/mol. The number of para-hydroxylation sites is 1. The van der Waals surface area contributed by atoms with Gasteiger partial charge in [0.1, 0.15) is 6.33 Å². The van der Waals surface area contributed by atoms with Gasteiger partial charge in [-0.3, -0.25) is 9.59 Å². The number of carbonyl (C=O) groups is 2. The van der Waals surface area contributed by atoms with Crippen molar-refractivity contribution in [3.8, 4) is 0 Å². The van der Waals surface area contributed by atoms with E-state index < -0.39 is 0 Å². The molecule has 0 atom stereocenters. The zero-order valence-corrected chi connectivity index (χ0v) is 15.6. The molecule has 8 heteroatoms. The van der Waals surface area contributed by atoms with Gasteiger partial charge in [-0.05, 0) is 31.9 Å². The average Bonchev–Trinajstić information content (AvgIpc) is 3.12. The number of anilines is 1. The first kappa shape index (κ1) is 18.5. The van der Waals surface area contributed by atoms with E-state index >= 15 is 0 Å². The molecule has 3 aromatic rings. The molecule has 0 fully saturated rings. The van der Waals surface area contributed by atoms with E-state index in [0.29, 0.717) is 5.78 Å². The van der Waals surface area contributed by atoms with Gasteiger partial charge < -0.3 is 10.6 Å². The van der Waals surface area contributed by atoms with Crippen molar-refractivity contribution in [2.45, 2.75) is 33.6 Å². The Morgan fingerprint density at radius 1 is 1.15 bits per heavy atom. The SMILES string of the molecule is CCc1ccccc1NC(=O)CNC(=O)Cc1c(C)nc2ncnn2c1C. The van der Waals surface area contributed by atoms with Crippen LogP contribution in [0.1, 0.15) is 29.4 Å². The predicted molar refractivity (Wildman–Crippen MR) is 101 cm³/mol. The minimum absolute atomic E-state index is 0.0893. The first-order chi connectivity index (χ1) is 13.0. The molecule has 3 rings (SSSR count). The summed E-state index contributed by atoms with van der Waals surface area (Å²) in [5.41, 5.74) is 4.14. The number of carbonyl (C=O) groups excluding carboxylic acids is 2. The summed E-state index contributed by atoms with van der Waals surface area (Å²) in [4.78, 5) is 32.9. The fraction of sp³-hybridized carbons (Fsp3) is 0.316. The fourth-order valence-corrected chi connectivity index (χ4v) is 2.96. The Kier molecular flexibility index (Phi) is 5.44. The van der Waals surface area contributed by atoms with E-state index in [9.17, 15) is 9.59 Å². The highest BCUT2D eigenvalue weighted by Crippen LogP contribution is 2.15. The number of aromatic nitrogens is 4. The molecule has 27 heavy (non-hydrogen) atoms. The molecule has 0 aliphatic carbocycles. The molecule has 8 nitrogen and oxygen atoms in total. The summed E-state index contributed by atoms with van der Waals surface area (Å²) >= 11 is 0. The van der Waals surface area contributed by atoms with Crippen LogP contribution in [0.2, 0.25) is 0 Å². The van der Waals surface area contributed by atoms with Gasteiger partial charge in [-0.15, -0.1) is 0 Å². The molecule has 0 saturated carbocycles. The minimum atomic E-state index is -0.262. The van der Waals surface area contributed by atoms with E-state index in [1.54, 1.807) is 4.52 Å².